The summed E-state index contributed by atoms with van der Waals surface area (Å²) in [7, 11) is 0. The fourth-order valence-electron chi connectivity index (χ4n) is 2.06. The third-order valence-electron chi connectivity index (χ3n) is 3.17. The number of nitrogen functional groups attached to an aromatic ring is 1. The Morgan fingerprint density at radius 2 is 2.14 bits per heavy atom. The van der Waals surface area contributed by atoms with E-state index in [2.05, 4.69) is 29.5 Å². The van der Waals surface area contributed by atoms with E-state index in [-0.39, 0.29) is 18.3 Å². The lowest BCUT2D eigenvalue weighted by atomic mass is 10.0. The smallest absolute Gasteiger partial charge is 0.265 e. The van der Waals surface area contributed by atoms with Gasteiger partial charge in [-0.05, 0) is 25.2 Å². The second-order valence-corrected chi connectivity index (χ2v) is 6.04. The van der Waals surface area contributed by atoms with Crippen molar-refractivity contribution in [3.8, 4) is 0 Å². The van der Waals surface area contributed by atoms with E-state index in [4.69, 9.17) is 10.8 Å². The molecule has 1 heterocycles. The first-order chi connectivity index (χ1) is 10.1. The van der Waals surface area contributed by atoms with Gasteiger partial charge in [0.05, 0.1) is 0 Å². The first-order valence-corrected chi connectivity index (χ1v) is 8.33. The zero-order valence-electron chi connectivity index (χ0n) is 12.8. The van der Waals surface area contributed by atoms with Gasteiger partial charge in [0.1, 0.15) is 10.7 Å². The average molecular weight is 314 g/mol. The molecule has 0 fully saturated rings. The first-order valence-electron chi connectivity index (χ1n) is 7.51. The van der Waals surface area contributed by atoms with Crippen molar-refractivity contribution in [2.24, 2.45) is 5.92 Å². The number of nitrogens with zero attached hydrogens (tertiary/aromatic N) is 1. The van der Waals surface area contributed by atoms with Crippen LogP contribution < -0.4 is 16.4 Å². The first kappa shape index (κ1) is 17.7. The molecule has 0 saturated heterocycles. The largest absolute Gasteiger partial charge is 0.396 e. The Balaban J connectivity index is 2.56. The van der Waals surface area contributed by atoms with E-state index >= 15 is 0 Å². The lowest BCUT2D eigenvalue weighted by Crippen LogP contribution is -2.29. The molecule has 120 valence electrons. The van der Waals surface area contributed by atoms with Crippen LogP contribution in [0.25, 0.3) is 0 Å². The van der Waals surface area contributed by atoms with Crippen molar-refractivity contribution >= 4 is 28.2 Å². The lowest BCUT2D eigenvalue weighted by Gasteiger charge is -2.15. The highest BCUT2D eigenvalue weighted by Gasteiger charge is 2.17. The molecule has 0 aliphatic rings. The number of hydrogen-bond acceptors (Lipinski definition) is 6. The molecule has 0 aliphatic heterocycles. The molecule has 0 bridgehead atoms. The highest BCUT2D eigenvalue weighted by molar-refractivity contribution is 7.18. The number of thiazole rings is 1. The van der Waals surface area contributed by atoms with E-state index in [1.807, 2.05) is 0 Å². The van der Waals surface area contributed by atoms with Crippen LogP contribution in [0.2, 0.25) is 0 Å². The Kier molecular flexibility index (Phi) is 8.07. The number of amides is 1. The molecule has 1 amide bonds. The number of hydrogen-bond donors (Lipinski definition) is 4. The molecule has 5 N–H and O–H groups in total. The van der Waals surface area contributed by atoms with Gasteiger partial charge in [-0.15, -0.1) is 0 Å². The average Bonchev–Trinajstić information content (AvgIpc) is 2.84. The molecule has 0 saturated carbocycles. The minimum absolute atomic E-state index is 0.147. The van der Waals surface area contributed by atoms with Gasteiger partial charge in [-0.3, -0.25) is 4.79 Å². The van der Waals surface area contributed by atoms with Crippen molar-refractivity contribution in [3.63, 3.8) is 0 Å². The Morgan fingerprint density at radius 1 is 1.38 bits per heavy atom. The molecule has 6 nitrogen and oxygen atoms in total. The summed E-state index contributed by atoms with van der Waals surface area (Å²) in [5.74, 6) is 0.384. The number of nitrogens with two attached hydrogens (primary N) is 1. The summed E-state index contributed by atoms with van der Waals surface area (Å²) in [4.78, 5) is 16.8. The second kappa shape index (κ2) is 9.57. The molecule has 1 aromatic heterocycles. The number of aliphatic hydroxyl groups is 1. The van der Waals surface area contributed by atoms with Crippen LogP contribution in [-0.4, -0.2) is 35.7 Å². The quantitative estimate of drug-likeness (QED) is 0.530. The molecule has 0 aliphatic carbocycles. The molecule has 21 heavy (non-hydrogen) atoms. The van der Waals surface area contributed by atoms with Gasteiger partial charge in [0, 0.05) is 19.7 Å². The van der Waals surface area contributed by atoms with Gasteiger partial charge >= 0.3 is 0 Å². The second-order valence-electron chi connectivity index (χ2n) is 5.04. The molecule has 1 rings (SSSR count). The van der Waals surface area contributed by atoms with Crippen LogP contribution in [-0.2, 0) is 0 Å². The highest BCUT2D eigenvalue weighted by Crippen LogP contribution is 2.24. The molecule has 1 aromatic rings. The topological polar surface area (TPSA) is 100 Å². The van der Waals surface area contributed by atoms with Crippen molar-refractivity contribution < 1.29 is 9.90 Å². The number of carbonyl (C=O) groups is 1. The van der Waals surface area contributed by atoms with Crippen LogP contribution in [0.1, 0.15) is 49.2 Å². The van der Waals surface area contributed by atoms with Gasteiger partial charge < -0.3 is 21.5 Å². The number of aromatic nitrogens is 1. The maximum absolute atomic E-state index is 12.2. The maximum atomic E-state index is 12.2. The third-order valence-corrected chi connectivity index (χ3v) is 4.20. The van der Waals surface area contributed by atoms with Gasteiger partial charge in [0.25, 0.3) is 5.91 Å². The van der Waals surface area contributed by atoms with Gasteiger partial charge in [0.15, 0.2) is 5.13 Å². The summed E-state index contributed by atoms with van der Waals surface area (Å²) in [5, 5.41) is 15.7. The van der Waals surface area contributed by atoms with Crippen LogP contribution in [0.5, 0.6) is 0 Å². The van der Waals surface area contributed by atoms with E-state index in [9.17, 15) is 4.79 Å². The van der Waals surface area contributed by atoms with Crippen molar-refractivity contribution in [2.45, 2.75) is 39.5 Å². The predicted octanol–water partition coefficient (Wildman–Crippen LogP) is 2.08. The number of rotatable bonds is 10. The van der Waals surface area contributed by atoms with E-state index in [1.165, 1.54) is 11.3 Å². The predicted molar refractivity (Wildman–Crippen MR) is 87.7 cm³/mol. The Labute approximate surface area is 130 Å². The van der Waals surface area contributed by atoms with Crippen LogP contribution in [0.4, 0.5) is 10.9 Å². The van der Waals surface area contributed by atoms with Crippen LogP contribution in [0.3, 0.4) is 0 Å². The SMILES string of the molecule is CCCNc1nc(N)c(C(=O)NCC(CCC)CCO)s1. The van der Waals surface area contributed by atoms with Gasteiger partial charge in [-0.1, -0.05) is 31.6 Å². The molecular formula is C14H26N4O2S. The fraction of sp³-hybridized carbons (Fsp3) is 0.714. The van der Waals surface area contributed by atoms with Gasteiger partial charge in [-0.25, -0.2) is 4.98 Å². The normalized spacial score (nSPS) is 12.1. The van der Waals surface area contributed by atoms with E-state index in [1.54, 1.807) is 0 Å². The summed E-state index contributed by atoms with van der Waals surface area (Å²) < 4.78 is 0. The van der Waals surface area contributed by atoms with Crippen molar-refractivity contribution in [3.05, 3.63) is 4.88 Å². The van der Waals surface area contributed by atoms with Crippen molar-refractivity contribution in [1.29, 1.82) is 0 Å². The Hall–Kier alpha value is -1.34. The maximum Gasteiger partial charge on any atom is 0.265 e. The highest BCUT2D eigenvalue weighted by atomic mass is 32.1. The number of anilines is 2. The molecule has 7 heteroatoms. The van der Waals surface area contributed by atoms with Crippen molar-refractivity contribution in [2.75, 3.05) is 30.7 Å². The van der Waals surface area contributed by atoms with E-state index in [0.717, 1.165) is 25.8 Å². The third kappa shape index (κ3) is 5.89. The summed E-state index contributed by atoms with van der Waals surface area (Å²) in [6.45, 7) is 5.67. The minimum Gasteiger partial charge on any atom is -0.396 e. The van der Waals surface area contributed by atoms with E-state index < -0.39 is 0 Å². The van der Waals surface area contributed by atoms with Crippen LogP contribution in [0.15, 0.2) is 0 Å². The molecular weight excluding hydrogens is 288 g/mol. The van der Waals surface area contributed by atoms with Gasteiger partial charge in [-0.2, -0.15) is 0 Å². The summed E-state index contributed by atoms with van der Waals surface area (Å²) in [6, 6.07) is 0. The summed E-state index contributed by atoms with van der Waals surface area (Å²) >= 11 is 1.28. The molecule has 1 atom stereocenters. The number of carbonyl (C=O) groups excluding carboxylic acids is 1. The van der Waals surface area contributed by atoms with Crippen LogP contribution >= 0.6 is 11.3 Å². The van der Waals surface area contributed by atoms with E-state index in [0.29, 0.717) is 28.9 Å². The number of nitrogens with one attached hydrogen (secondary N) is 2. The molecule has 0 radical (unpaired) electrons. The molecule has 1 unspecified atom stereocenters. The molecule has 0 aromatic carbocycles. The fourth-order valence-corrected chi connectivity index (χ4v) is 2.89. The Bertz CT molecular complexity index is 431. The Morgan fingerprint density at radius 3 is 2.76 bits per heavy atom. The monoisotopic (exact) mass is 314 g/mol. The lowest BCUT2D eigenvalue weighted by molar-refractivity contribution is 0.0947. The van der Waals surface area contributed by atoms with Gasteiger partial charge in [0.2, 0.25) is 0 Å². The standard InChI is InChI=1S/C14H26N4O2S/c1-3-5-10(6-8-19)9-17-13(20)11-12(15)18-14(21-11)16-7-4-2/h10,19H,3-9,15H2,1-2H3,(H,16,18)(H,17,20). The van der Waals surface area contributed by atoms with Crippen LogP contribution in [0, 0.1) is 5.92 Å². The molecule has 0 spiro atoms. The zero-order chi connectivity index (χ0) is 15.7. The van der Waals surface area contributed by atoms with Crippen molar-refractivity contribution in [1.82, 2.24) is 10.3 Å². The zero-order valence-corrected chi connectivity index (χ0v) is 13.6. The summed E-state index contributed by atoms with van der Waals surface area (Å²) in [5.41, 5.74) is 5.80. The number of aliphatic hydroxyl groups excluding tert-OH is 1. The summed E-state index contributed by atoms with van der Waals surface area (Å²) in [6.07, 6.45) is 3.72. The minimum atomic E-state index is -0.186.